The van der Waals surface area contributed by atoms with Crippen LogP contribution >= 0.6 is 11.8 Å². The van der Waals surface area contributed by atoms with Crippen molar-refractivity contribution >= 4 is 17.5 Å². The lowest BCUT2D eigenvalue weighted by atomic mass is 10.1. The van der Waals surface area contributed by atoms with Crippen LogP contribution in [0.4, 0.5) is 4.39 Å². The van der Waals surface area contributed by atoms with Crippen molar-refractivity contribution < 1.29 is 18.3 Å². The van der Waals surface area contributed by atoms with E-state index in [2.05, 4.69) is 10.2 Å². The maximum atomic E-state index is 13.6. The van der Waals surface area contributed by atoms with Crippen molar-refractivity contribution in [2.24, 2.45) is 0 Å². The molecule has 0 fully saturated rings. The first-order valence-electron chi connectivity index (χ1n) is 7.64. The Kier molecular flexibility index (Phi) is 5.45. The molecule has 2 aromatic carbocycles. The molecule has 25 heavy (non-hydrogen) atoms. The molecule has 3 rings (SSSR count). The van der Waals surface area contributed by atoms with E-state index in [0.717, 1.165) is 23.1 Å². The number of ether oxygens (including phenoxy) is 1. The summed E-state index contributed by atoms with van der Waals surface area (Å²) in [6.07, 6.45) is 0. The molecule has 1 aromatic heterocycles. The van der Waals surface area contributed by atoms with Gasteiger partial charge in [-0.05, 0) is 43.3 Å². The van der Waals surface area contributed by atoms with Crippen molar-refractivity contribution in [1.29, 1.82) is 0 Å². The second kappa shape index (κ2) is 7.94. The first-order valence-corrected chi connectivity index (χ1v) is 8.63. The molecule has 0 aliphatic heterocycles. The van der Waals surface area contributed by atoms with Crippen molar-refractivity contribution in [3.8, 4) is 17.2 Å². The number of carbonyl (C=O) groups is 1. The standard InChI is InChI=1S/C18H15FN2O3S/c1-2-23-13-9-7-12(8-10-13)17-20-21-18(24-17)25-11-16(22)14-5-3-4-6-15(14)19/h3-10H,2,11H2,1H3. The number of ketones is 1. The molecule has 0 radical (unpaired) electrons. The van der Waals surface area contributed by atoms with Crippen LogP contribution in [0.25, 0.3) is 11.5 Å². The van der Waals surface area contributed by atoms with Crippen LogP contribution in [0.2, 0.25) is 0 Å². The summed E-state index contributed by atoms with van der Waals surface area (Å²) in [4.78, 5) is 12.1. The van der Waals surface area contributed by atoms with Crippen LogP contribution in [-0.4, -0.2) is 28.3 Å². The lowest BCUT2D eigenvalue weighted by Gasteiger charge is -2.02. The Hall–Kier alpha value is -2.67. The first-order chi connectivity index (χ1) is 12.2. The lowest BCUT2D eigenvalue weighted by molar-refractivity contribution is 0.101. The number of aromatic nitrogens is 2. The van der Waals surface area contributed by atoms with Gasteiger partial charge in [0.05, 0.1) is 17.9 Å². The van der Waals surface area contributed by atoms with Crippen molar-refractivity contribution in [3.05, 3.63) is 59.9 Å². The number of halogens is 1. The van der Waals surface area contributed by atoms with E-state index in [4.69, 9.17) is 9.15 Å². The van der Waals surface area contributed by atoms with Gasteiger partial charge in [0.2, 0.25) is 5.89 Å². The maximum absolute atomic E-state index is 13.6. The topological polar surface area (TPSA) is 65.2 Å². The lowest BCUT2D eigenvalue weighted by Crippen LogP contribution is -2.04. The van der Waals surface area contributed by atoms with Crippen LogP contribution in [0, 0.1) is 5.82 Å². The van der Waals surface area contributed by atoms with E-state index >= 15 is 0 Å². The molecular weight excluding hydrogens is 343 g/mol. The van der Waals surface area contributed by atoms with Gasteiger partial charge in [-0.25, -0.2) is 4.39 Å². The molecule has 0 aliphatic carbocycles. The maximum Gasteiger partial charge on any atom is 0.277 e. The Balaban J connectivity index is 1.64. The number of thioether (sulfide) groups is 1. The highest BCUT2D eigenvalue weighted by molar-refractivity contribution is 7.99. The Labute approximate surface area is 148 Å². The minimum Gasteiger partial charge on any atom is -0.494 e. The third kappa shape index (κ3) is 4.24. The summed E-state index contributed by atoms with van der Waals surface area (Å²) in [5, 5.41) is 8.13. The molecule has 5 nitrogen and oxygen atoms in total. The molecule has 0 bridgehead atoms. The van der Waals surface area contributed by atoms with E-state index in [1.54, 1.807) is 12.1 Å². The summed E-state index contributed by atoms with van der Waals surface area (Å²) in [5.41, 5.74) is 0.810. The smallest absolute Gasteiger partial charge is 0.277 e. The van der Waals surface area contributed by atoms with Gasteiger partial charge in [0.25, 0.3) is 5.22 Å². The molecule has 0 spiro atoms. The van der Waals surface area contributed by atoms with E-state index in [1.165, 1.54) is 12.1 Å². The van der Waals surface area contributed by atoms with Crippen molar-refractivity contribution in [1.82, 2.24) is 10.2 Å². The third-order valence-corrected chi connectivity index (χ3v) is 4.14. The Morgan fingerprint density at radius 1 is 1.16 bits per heavy atom. The van der Waals surface area contributed by atoms with E-state index in [9.17, 15) is 9.18 Å². The van der Waals surface area contributed by atoms with Gasteiger partial charge in [0, 0.05) is 5.56 Å². The van der Waals surface area contributed by atoms with Gasteiger partial charge in [0.1, 0.15) is 11.6 Å². The van der Waals surface area contributed by atoms with Crippen molar-refractivity contribution in [2.75, 3.05) is 12.4 Å². The summed E-state index contributed by atoms with van der Waals surface area (Å²) in [7, 11) is 0. The highest BCUT2D eigenvalue weighted by Gasteiger charge is 2.14. The molecule has 3 aromatic rings. The number of hydrogen-bond acceptors (Lipinski definition) is 6. The van der Waals surface area contributed by atoms with Crippen LogP contribution in [-0.2, 0) is 0 Å². The van der Waals surface area contributed by atoms with Gasteiger partial charge < -0.3 is 9.15 Å². The zero-order valence-corrected chi connectivity index (χ0v) is 14.3. The van der Waals surface area contributed by atoms with E-state index in [1.807, 2.05) is 31.2 Å². The largest absolute Gasteiger partial charge is 0.494 e. The van der Waals surface area contributed by atoms with E-state index in [-0.39, 0.29) is 22.3 Å². The first kappa shape index (κ1) is 17.2. The number of carbonyl (C=O) groups excluding carboxylic acids is 1. The van der Waals surface area contributed by atoms with Gasteiger partial charge in [-0.3, -0.25) is 4.79 Å². The predicted octanol–water partition coefficient (Wildman–Crippen LogP) is 4.25. The molecule has 0 saturated heterocycles. The summed E-state index contributed by atoms with van der Waals surface area (Å²) in [6.45, 7) is 2.51. The zero-order chi connectivity index (χ0) is 17.6. The SMILES string of the molecule is CCOc1ccc(-c2nnc(SCC(=O)c3ccccc3F)o2)cc1. The third-order valence-electron chi connectivity index (χ3n) is 3.32. The predicted molar refractivity (Wildman–Crippen MR) is 92.4 cm³/mol. The van der Waals surface area contributed by atoms with Crippen LogP contribution < -0.4 is 4.74 Å². The Bertz CT molecular complexity index is 865. The fourth-order valence-electron chi connectivity index (χ4n) is 2.14. The molecule has 0 atom stereocenters. The fraction of sp³-hybridized carbons (Fsp3) is 0.167. The van der Waals surface area contributed by atoms with Crippen LogP contribution in [0.5, 0.6) is 5.75 Å². The highest BCUT2D eigenvalue weighted by Crippen LogP contribution is 2.25. The summed E-state index contributed by atoms with van der Waals surface area (Å²) >= 11 is 1.08. The van der Waals surface area contributed by atoms with Crippen LogP contribution in [0.15, 0.2) is 58.2 Å². The molecule has 1 heterocycles. The molecule has 0 amide bonds. The minimum atomic E-state index is -0.534. The van der Waals surface area contributed by atoms with Crippen LogP contribution in [0.3, 0.4) is 0 Å². The Morgan fingerprint density at radius 2 is 1.92 bits per heavy atom. The number of rotatable bonds is 7. The minimum absolute atomic E-state index is 0.0197. The number of hydrogen-bond donors (Lipinski definition) is 0. The van der Waals surface area contributed by atoms with E-state index in [0.29, 0.717) is 12.5 Å². The summed E-state index contributed by atoms with van der Waals surface area (Å²) < 4.78 is 24.5. The van der Waals surface area contributed by atoms with Crippen LogP contribution in [0.1, 0.15) is 17.3 Å². The normalized spacial score (nSPS) is 10.6. The highest BCUT2D eigenvalue weighted by atomic mass is 32.2. The van der Waals surface area contributed by atoms with Gasteiger partial charge in [0.15, 0.2) is 5.78 Å². The Morgan fingerprint density at radius 3 is 2.64 bits per heavy atom. The average Bonchev–Trinajstić information content (AvgIpc) is 3.10. The average molecular weight is 358 g/mol. The van der Waals surface area contributed by atoms with Crippen molar-refractivity contribution in [2.45, 2.75) is 12.1 Å². The molecular formula is C18H15FN2O3S. The number of Topliss-reactive ketones (excluding diaryl/α,β-unsaturated/α-hetero) is 1. The molecule has 7 heteroatoms. The van der Waals surface area contributed by atoms with Crippen molar-refractivity contribution in [3.63, 3.8) is 0 Å². The fourth-order valence-corrected chi connectivity index (χ4v) is 2.78. The van der Waals surface area contributed by atoms with E-state index < -0.39 is 5.82 Å². The van der Waals surface area contributed by atoms with Gasteiger partial charge in [-0.15, -0.1) is 10.2 Å². The molecule has 0 saturated carbocycles. The number of benzene rings is 2. The molecule has 0 unspecified atom stereocenters. The van der Waals surface area contributed by atoms with Gasteiger partial charge in [-0.1, -0.05) is 23.9 Å². The number of nitrogens with zero attached hydrogens (tertiary/aromatic N) is 2. The second-order valence-electron chi connectivity index (χ2n) is 5.02. The molecule has 128 valence electrons. The molecule has 0 aliphatic rings. The van der Waals surface area contributed by atoms with Gasteiger partial charge >= 0.3 is 0 Å². The summed E-state index contributed by atoms with van der Waals surface area (Å²) in [5.74, 6) is 0.267. The van der Waals surface area contributed by atoms with Gasteiger partial charge in [-0.2, -0.15) is 0 Å². The summed E-state index contributed by atoms with van der Waals surface area (Å²) in [6, 6.07) is 13.1. The molecule has 0 N–H and O–H groups in total. The second-order valence-corrected chi connectivity index (χ2v) is 5.95. The monoisotopic (exact) mass is 358 g/mol. The quantitative estimate of drug-likeness (QED) is 0.465. The zero-order valence-electron chi connectivity index (χ0n) is 13.4.